The van der Waals surface area contributed by atoms with Gasteiger partial charge in [0, 0.05) is 5.39 Å². The predicted octanol–water partition coefficient (Wildman–Crippen LogP) is 3.18. The Morgan fingerprint density at radius 1 is 1.53 bits per heavy atom. The van der Waals surface area contributed by atoms with Crippen molar-refractivity contribution >= 4 is 28.5 Å². The molecule has 0 aliphatic heterocycles. The molecule has 0 atom stereocenters. The number of fused-ring (bicyclic) bond motifs is 1. The van der Waals surface area contributed by atoms with Crippen LogP contribution in [-0.4, -0.2) is 11.1 Å². The summed E-state index contributed by atoms with van der Waals surface area (Å²) in [5.41, 5.74) is 1.84. The van der Waals surface area contributed by atoms with E-state index in [0.29, 0.717) is 17.2 Å². The molecule has 0 aliphatic rings. The van der Waals surface area contributed by atoms with Crippen molar-refractivity contribution < 1.29 is 14.3 Å². The standard InChI is InChI=1S/C11H9ClO3/c1-6-8-4-7(11(13)14)2-3-9(8)15-10(6)5-12/h2-4H,5H2,1H3,(H,13,14). The van der Waals surface area contributed by atoms with Crippen LogP contribution in [0.3, 0.4) is 0 Å². The van der Waals surface area contributed by atoms with E-state index in [1.807, 2.05) is 6.92 Å². The van der Waals surface area contributed by atoms with Gasteiger partial charge in [0.25, 0.3) is 0 Å². The highest BCUT2D eigenvalue weighted by molar-refractivity contribution is 6.17. The summed E-state index contributed by atoms with van der Waals surface area (Å²) in [6.45, 7) is 1.87. The minimum absolute atomic E-state index is 0.257. The lowest BCUT2D eigenvalue weighted by Crippen LogP contribution is -1.94. The second kappa shape index (κ2) is 3.59. The second-order valence-electron chi connectivity index (χ2n) is 3.30. The van der Waals surface area contributed by atoms with Crippen LogP contribution in [0.25, 0.3) is 11.0 Å². The van der Waals surface area contributed by atoms with Crippen LogP contribution in [0, 0.1) is 6.92 Å². The first-order valence-electron chi connectivity index (χ1n) is 4.44. The van der Waals surface area contributed by atoms with Crippen molar-refractivity contribution in [3.05, 3.63) is 35.1 Å². The lowest BCUT2D eigenvalue weighted by molar-refractivity contribution is 0.0697. The number of hydrogen-bond acceptors (Lipinski definition) is 2. The van der Waals surface area contributed by atoms with Crippen LogP contribution in [0.15, 0.2) is 22.6 Å². The highest BCUT2D eigenvalue weighted by Gasteiger charge is 2.11. The molecule has 4 heteroatoms. The summed E-state index contributed by atoms with van der Waals surface area (Å²) in [5.74, 6) is 0.0438. The van der Waals surface area contributed by atoms with Gasteiger partial charge in [0.05, 0.1) is 11.4 Å². The Morgan fingerprint density at radius 2 is 2.27 bits per heavy atom. The third-order valence-electron chi connectivity index (χ3n) is 2.40. The molecule has 0 saturated heterocycles. The number of hydrogen-bond donors (Lipinski definition) is 1. The molecule has 0 amide bonds. The van der Waals surface area contributed by atoms with Crippen molar-refractivity contribution in [3.63, 3.8) is 0 Å². The lowest BCUT2D eigenvalue weighted by Gasteiger charge is -1.94. The summed E-state index contributed by atoms with van der Waals surface area (Å²) in [7, 11) is 0. The van der Waals surface area contributed by atoms with Crippen molar-refractivity contribution in [2.75, 3.05) is 0 Å². The largest absolute Gasteiger partial charge is 0.478 e. The highest BCUT2D eigenvalue weighted by Crippen LogP contribution is 2.27. The predicted molar refractivity (Wildman–Crippen MR) is 57.5 cm³/mol. The van der Waals surface area contributed by atoms with Crippen molar-refractivity contribution in [2.45, 2.75) is 12.8 Å². The maximum Gasteiger partial charge on any atom is 0.335 e. The molecule has 2 aromatic rings. The quantitative estimate of drug-likeness (QED) is 0.797. The minimum atomic E-state index is -0.940. The number of carbonyl (C=O) groups is 1. The van der Waals surface area contributed by atoms with Crippen LogP contribution in [0.2, 0.25) is 0 Å². The molecule has 1 aromatic heterocycles. The van der Waals surface area contributed by atoms with Crippen LogP contribution in [0.5, 0.6) is 0 Å². The number of rotatable bonds is 2. The smallest absolute Gasteiger partial charge is 0.335 e. The summed E-state index contributed by atoms with van der Waals surface area (Å²) in [5, 5.41) is 9.65. The summed E-state index contributed by atoms with van der Waals surface area (Å²) in [4.78, 5) is 10.8. The molecule has 78 valence electrons. The first kappa shape index (κ1) is 10.1. The Balaban J connectivity index is 2.70. The van der Waals surface area contributed by atoms with E-state index in [1.54, 1.807) is 12.1 Å². The Hall–Kier alpha value is -1.48. The highest BCUT2D eigenvalue weighted by atomic mass is 35.5. The lowest BCUT2D eigenvalue weighted by atomic mass is 10.1. The molecule has 1 aromatic carbocycles. The van der Waals surface area contributed by atoms with Crippen molar-refractivity contribution in [1.29, 1.82) is 0 Å². The van der Waals surface area contributed by atoms with Crippen LogP contribution in [0.1, 0.15) is 21.7 Å². The zero-order valence-corrected chi connectivity index (χ0v) is 8.84. The second-order valence-corrected chi connectivity index (χ2v) is 3.57. The Kier molecular flexibility index (Phi) is 2.40. The summed E-state index contributed by atoms with van der Waals surface area (Å²) in [6.07, 6.45) is 0. The number of carboxylic acids is 1. The molecule has 0 unspecified atom stereocenters. The van der Waals surface area contributed by atoms with E-state index in [2.05, 4.69) is 0 Å². The average Bonchev–Trinajstić information content (AvgIpc) is 2.55. The topological polar surface area (TPSA) is 50.4 Å². The monoisotopic (exact) mass is 224 g/mol. The van der Waals surface area contributed by atoms with Gasteiger partial charge in [0.2, 0.25) is 0 Å². The molecule has 2 rings (SSSR count). The normalized spacial score (nSPS) is 10.8. The van der Waals surface area contributed by atoms with Gasteiger partial charge in [0.15, 0.2) is 0 Å². The van der Waals surface area contributed by atoms with Gasteiger partial charge in [-0.1, -0.05) is 0 Å². The van der Waals surface area contributed by atoms with E-state index >= 15 is 0 Å². The van der Waals surface area contributed by atoms with Gasteiger partial charge >= 0.3 is 5.97 Å². The molecule has 1 N–H and O–H groups in total. The maximum atomic E-state index is 10.8. The van der Waals surface area contributed by atoms with Gasteiger partial charge in [-0.25, -0.2) is 4.79 Å². The average molecular weight is 225 g/mol. The van der Waals surface area contributed by atoms with Gasteiger partial charge < -0.3 is 9.52 Å². The molecule has 0 bridgehead atoms. The Morgan fingerprint density at radius 3 is 2.87 bits per heavy atom. The molecule has 3 nitrogen and oxygen atoms in total. The van der Waals surface area contributed by atoms with Crippen molar-refractivity contribution in [1.82, 2.24) is 0 Å². The number of carboxylic acid groups (broad SMARTS) is 1. The number of halogens is 1. The van der Waals surface area contributed by atoms with E-state index in [0.717, 1.165) is 10.9 Å². The Labute approximate surface area is 91.3 Å². The van der Waals surface area contributed by atoms with Crippen molar-refractivity contribution in [3.8, 4) is 0 Å². The number of furan rings is 1. The third kappa shape index (κ3) is 1.59. The van der Waals surface area contributed by atoms with Crippen LogP contribution >= 0.6 is 11.6 Å². The third-order valence-corrected chi connectivity index (χ3v) is 2.65. The summed E-state index contributed by atoms with van der Waals surface area (Å²) in [6, 6.07) is 4.78. The molecular weight excluding hydrogens is 216 g/mol. The first-order valence-corrected chi connectivity index (χ1v) is 4.98. The zero-order valence-electron chi connectivity index (χ0n) is 8.08. The Bertz CT molecular complexity index is 528. The minimum Gasteiger partial charge on any atom is -0.478 e. The molecule has 0 aliphatic carbocycles. The van der Waals surface area contributed by atoms with Gasteiger partial charge in [-0.05, 0) is 30.7 Å². The number of aryl methyl sites for hydroxylation is 1. The fourth-order valence-electron chi connectivity index (χ4n) is 1.53. The SMILES string of the molecule is Cc1c(CCl)oc2ccc(C(=O)O)cc12. The summed E-state index contributed by atoms with van der Waals surface area (Å²) >= 11 is 5.70. The van der Waals surface area contributed by atoms with Gasteiger partial charge in [-0.15, -0.1) is 11.6 Å². The van der Waals surface area contributed by atoms with E-state index < -0.39 is 5.97 Å². The molecule has 1 heterocycles. The molecule has 0 spiro atoms. The van der Waals surface area contributed by atoms with E-state index in [1.165, 1.54) is 6.07 Å². The van der Waals surface area contributed by atoms with Crippen molar-refractivity contribution in [2.24, 2.45) is 0 Å². The van der Waals surface area contributed by atoms with Gasteiger partial charge in [-0.2, -0.15) is 0 Å². The molecule has 15 heavy (non-hydrogen) atoms. The maximum absolute atomic E-state index is 10.8. The number of aromatic carboxylic acids is 1. The summed E-state index contributed by atoms with van der Waals surface area (Å²) < 4.78 is 5.46. The molecule has 0 saturated carbocycles. The molecule has 0 fully saturated rings. The number of benzene rings is 1. The van der Waals surface area contributed by atoms with Gasteiger partial charge in [0.1, 0.15) is 11.3 Å². The van der Waals surface area contributed by atoms with Gasteiger partial charge in [-0.3, -0.25) is 0 Å². The molecular formula is C11H9ClO3. The fourth-order valence-corrected chi connectivity index (χ4v) is 1.79. The van der Waals surface area contributed by atoms with E-state index in [-0.39, 0.29) is 5.56 Å². The van der Waals surface area contributed by atoms with Crippen LogP contribution in [0.4, 0.5) is 0 Å². The van der Waals surface area contributed by atoms with E-state index in [9.17, 15) is 4.79 Å². The van der Waals surface area contributed by atoms with E-state index in [4.69, 9.17) is 21.1 Å². The number of alkyl halides is 1. The molecule has 0 radical (unpaired) electrons. The van der Waals surface area contributed by atoms with Crippen LogP contribution < -0.4 is 0 Å². The fraction of sp³-hybridized carbons (Fsp3) is 0.182. The first-order chi connectivity index (χ1) is 7.13. The van der Waals surface area contributed by atoms with Crippen LogP contribution in [-0.2, 0) is 5.88 Å². The zero-order chi connectivity index (χ0) is 11.0.